The van der Waals surface area contributed by atoms with E-state index in [0.29, 0.717) is 11.6 Å². The Labute approximate surface area is 112 Å². The van der Waals surface area contributed by atoms with Crippen LogP contribution in [-0.2, 0) is 0 Å². The van der Waals surface area contributed by atoms with Crippen molar-refractivity contribution in [1.29, 1.82) is 5.26 Å². The maximum absolute atomic E-state index is 8.59. The van der Waals surface area contributed by atoms with E-state index < -0.39 is 0 Å². The first-order valence-corrected chi connectivity index (χ1v) is 5.96. The minimum atomic E-state index is 0.227. The van der Waals surface area contributed by atoms with E-state index in [-0.39, 0.29) is 6.54 Å². The van der Waals surface area contributed by atoms with Crippen LogP contribution in [0.3, 0.4) is 0 Å². The van der Waals surface area contributed by atoms with E-state index >= 15 is 0 Å². The van der Waals surface area contributed by atoms with Gasteiger partial charge in [0.25, 0.3) is 0 Å². The molecule has 0 radical (unpaired) electrons. The molecule has 1 aromatic heterocycles. The number of hydrogen-bond acceptors (Lipinski definition) is 5. The van der Waals surface area contributed by atoms with Gasteiger partial charge in [0.05, 0.1) is 6.07 Å². The molecular weight excluding hydrogens is 238 g/mol. The summed E-state index contributed by atoms with van der Waals surface area (Å²) in [6.07, 6.45) is 0. The van der Waals surface area contributed by atoms with Gasteiger partial charge in [-0.3, -0.25) is 0 Å². The number of para-hydroxylation sites is 1. The van der Waals surface area contributed by atoms with Gasteiger partial charge in [-0.1, -0.05) is 18.2 Å². The number of nitrogens with zero attached hydrogens (tertiary/aromatic N) is 4. The van der Waals surface area contributed by atoms with Gasteiger partial charge in [-0.05, 0) is 19.1 Å². The van der Waals surface area contributed by atoms with E-state index in [4.69, 9.17) is 5.26 Å². The SMILES string of the molecule is Cc1nc(NCC#N)cc(N(C)c2ccccc2)n1. The summed E-state index contributed by atoms with van der Waals surface area (Å²) in [6, 6.07) is 13.8. The van der Waals surface area contributed by atoms with E-state index in [1.807, 2.05) is 61.3 Å². The molecule has 0 fully saturated rings. The van der Waals surface area contributed by atoms with Gasteiger partial charge in [0.1, 0.15) is 24.0 Å². The first kappa shape index (κ1) is 12.8. The summed E-state index contributed by atoms with van der Waals surface area (Å²) in [7, 11) is 1.95. The minimum Gasteiger partial charge on any atom is -0.357 e. The van der Waals surface area contributed by atoms with Crippen molar-refractivity contribution in [3.05, 3.63) is 42.2 Å². The lowest BCUT2D eigenvalue weighted by Gasteiger charge is -2.19. The van der Waals surface area contributed by atoms with Crippen LogP contribution in [0.2, 0.25) is 0 Å². The van der Waals surface area contributed by atoms with Gasteiger partial charge in [0, 0.05) is 18.8 Å². The Bertz CT molecular complexity index is 589. The highest BCUT2D eigenvalue weighted by Gasteiger charge is 2.08. The van der Waals surface area contributed by atoms with Crippen LogP contribution >= 0.6 is 0 Å². The van der Waals surface area contributed by atoms with Crippen LogP contribution in [0.25, 0.3) is 0 Å². The van der Waals surface area contributed by atoms with Gasteiger partial charge < -0.3 is 10.2 Å². The van der Waals surface area contributed by atoms with Crippen molar-refractivity contribution in [2.45, 2.75) is 6.92 Å². The maximum atomic E-state index is 8.59. The van der Waals surface area contributed by atoms with E-state index in [0.717, 1.165) is 11.5 Å². The highest BCUT2D eigenvalue weighted by atomic mass is 15.2. The molecule has 0 aliphatic carbocycles. The largest absolute Gasteiger partial charge is 0.357 e. The molecule has 0 spiro atoms. The van der Waals surface area contributed by atoms with E-state index in [1.54, 1.807) is 0 Å². The Morgan fingerprint density at radius 3 is 2.68 bits per heavy atom. The van der Waals surface area contributed by atoms with Crippen LogP contribution in [0.5, 0.6) is 0 Å². The van der Waals surface area contributed by atoms with E-state index in [9.17, 15) is 0 Å². The Morgan fingerprint density at radius 1 is 1.26 bits per heavy atom. The standard InChI is InChI=1S/C14H15N5/c1-11-17-13(16-9-8-15)10-14(18-11)19(2)12-6-4-3-5-7-12/h3-7,10H,9H2,1-2H3,(H,16,17,18). The van der Waals surface area contributed by atoms with Crippen molar-refractivity contribution in [3.63, 3.8) is 0 Å². The number of nitriles is 1. The summed E-state index contributed by atoms with van der Waals surface area (Å²) < 4.78 is 0. The normalized spacial score (nSPS) is 9.74. The molecule has 2 rings (SSSR count). The highest BCUT2D eigenvalue weighted by molar-refractivity contribution is 5.61. The molecular formula is C14H15N5. The van der Waals surface area contributed by atoms with Crippen molar-refractivity contribution in [1.82, 2.24) is 9.97 Å². The molecule has 1 aromatic carbocycles. The van der Waals surface area contributed by atoms with Crippen LogP contribution in [0.15, 0.2) is 36.4 Å². The molecule has 0 unspecified atom stereocenters. The molecule has 5 heteroatoms. The summed E-state index contributed by atoms with van der Waals surface area (Å²) in [6.45, 7) is 2.06. The topological polar surface area (TPSA) is 64.8 Å². The summed E-state index contributed by atoms with van der Waals surface area (Å²) in [5.41, 5.74) is 1.05. The number of anilines is 3. The fourth-order valence-electron chi connectivity index (χ4n) is 1.73. The molecule has 0 aliphatic heterocycles. The van der Waals surface area contributed by atoms with Crippen molar-refractivity contribution in [2.24, 2.45) is 0 Å². The van der Waals surface area contributed by atoms with Gasteiger partial charge in [-0.15, -0.1) is 0 Å². The van der Waals surface area contributed by atoms with Gasteiger partial charge in [-0.2, -0.15) is 5.26 Å². The zero-order valence-corrected chi connectivity index (χ0v) is 11.0. The number of nitrogens with one attached hydrogen (secondary N) is 1. The Kier molecular flexibility index (Phi) is 3.94. The maximum Gasteiger partial charge on any atom is 0.138 e. The smallest absolute Gasteiger partial charge is 0.138 e. The molecule has 0 saturated carbocycles. The summed E-state index contributed by atoms with van der Waals surface area (Å²) in [4.78, 5) is 10.6. The third-order valence-corrected chi connectivity index (χ3v) is 2.66. The summed E-state index contributed by atoms with van der Waals surface area (Å²) in [5, 5.41) is 11.5. The van der Waals surface area contributed by atoms with Crippen LogP contribution in [0.1, 0.15) is 5.82 Å². The number of aromatic nitrogens is 2. The Balaban J connectivity index is 2.29. The average molecular weight is 253 g/mol. The number of hydrogen-bond donors (Lipinski definition) is 1. The molecule has 0 aliphatic rings. The molecule has 1 heterocycles. The second kappa shape index (κ2) is 5.83. The Morgan fingerprint density at radius 2 is 2.00 bits per heavy atom. The molecule has 96 valence electrons. The van der Waals surface area contributed by atoms with Crippen LogP contribution in [-0.4, -0.2) is 23.6 Å². The first-order valence-electron chi connectivity index (χ1n) is 5.96. The molecule has 0 atom stereocenters. The molecule has 5 nitrogen and oxygen atoms in total. The fraction of sp³-hybridized carbons (Fsp3) is 0.214. The monoisotopic (exact) mass is 253 g/mol. The van der Waals surface area contributed by atoms with Crippen molar-refractivity contribution < 1.29 is 0 Å². The van der Waals surface area contributed by atoms with Crippen LogP contribution in [0, 0.1) is 18.3 Å². The average Bonchev–Trinajstić information content (AvgIpc) is 2.44. The lowest BCUT2D eigenvalue weighted by Crippen LogP contribution is -2.13. The number of aryl methyl sites for hydroxylation is 1. The lowest BCUT2D eigenvalue weighted by molar-refractivity contribution is 1.01. The molecule has 19 heavy (non-hydrogen) atoms. The molecule has 0 amide bonds. The quantitative estimate of drug-likeness (QED) is 0.848. The second-order valence-electron chi connectivity index (χ2n) is 4.06. The third kappa shape index (κ3) is 3.19. The van der Waals surface area contributed by atoms with E-state index in [1.165, 1.54) is 0 Å². The van der Waals surface area contributed by atoms with Crippen molar-refractivity contribution in [2.75, 3.05) is 23.8 Å². The third-order valence-electron chi connectivity index (χ3n) is 2.66. The molecule has 0 bridgehead atoms. The zero-order chi connectivity index (χ0) is 13.7. The predicted molar refractivity (Wildman–Crippen MR) is 75.4 cm³/mol. The van der Waals surface area contributed by atoms with Crippen molar-refractivity contribution >= 4 is 17.3 Å². The van der Waals surface area contributed by atoms with Gasteiger partial charge in [-0.25, -0.2) is 9.97 Å². The summed E-state index contributed by atoms with van der Waals surface area (Å²) >= 11 is 0. The van der Waals surface area contributed by atoms with E-state index in [2.05, 4.69) is 15.3 Å². The molecule has 0 saturated heterocycles. The minimum absolute atomic E-state index is 0.227. The van der Waals surface area contributed by atoms with Gasteiger partial charge in [0.2, 0.25) is 0 Å². The van der Waals surface area contributed by atoms with Crippen LogP contribution < -0.4 is 10.2 Å². The van der Waals surface area contributed by atoms with Gasteiger partial charge >= 0.3 is 0 Å². The fourth-order valence-corrected chi connectivity index (χ4v) is 1.73. The Hall–Kier alpha value is -2.61. The molecule has 1 N–H and O–H groups in total. The highest BCUT2D eigenvalue weighted by Crippen LogP contribution is 2.22. The second-order valence-corrected chi connectivity index (χ2v) is 4.06. The number of rotatable bonds is 4. The van der Waals surface area contributed by atoms with Crippen LogP contribution in [0.4, 0.5) is 17.3 Å². The van der Waals surface area contributed by atoms with Crippen molar-refractivity contribution in [3.8, 4) is 6.07 Å². The molecule has 2 aromatic rings. The zero-order valence-electron chi connectivity index (χ0n) is 11.0. The predicted octanol–water partition coefficient (Wildman–Crippen LogP) is 2.49. The number of benzene rings is 1. The van der Waals surface area contributed by atoms with Gasteiger partial charge in [0.15, 0.2) is 0 Å². The first-order chi connectivity index (χ1) is 9.20. The lowest BCUT2D eigenvalue weighted by atomic mass is 10.3. The summed E-state index contributed by atoms with van der Waals surface area (Å²) in [5.74, 6) is 2.12.